The van der Waals surface area contributed by atoms with Crippen LogP contribution in [0.4, 0.5) is 0 Å². The van der Waals surface area contributed by atoms with Crippen LogP contribution in [0, 0.1) is 0 Å². The van der Waals surface area contributed by atoms with E-state index < -0.39 is 0 Å². The largest absolute Gasteiger partial charge is 0.504 e. The molecule has 0 aliphatic heterocycles. The number of phenols is 2. The topological polar surface area (TPSA) is 79.4 Å². The number of hydrogen-bond donors (Lipinski definition) is 2. The van der Waals surface area contributed by atoms with Crippen LogP contribution in [-0.2, 0) is 6.42 Å². The third-order valence-corrected chi connectivity index (χ3v) is 3.22. The van der Waals surface area contributed by atoms with Crippen LogP contribution in [0.15, 0.2) is 47.0 Å². The minimum Gasteiger partial charge on any atom is -0.504 e. The number of benzene rings is 2. The molecule has 3 aromatic rings. The normalized spacial score (nSPS) is 10.7. The third kappa shape index (κ3) is 2.98. The van der Waals surface area contributed by atoms with E-state index >= 15 is 0 Å². The molecule has 1 heterocycles. The standard InChI is InChI=1S/C15H11ClN2O3/c16-11-4-2-10(3-5-11)15-17-14(21-18-15)8-9-1-6-12(19)13(20)7-9/h1-7,19-20H,8H2. The minimum atomic E-state index is -0.176. The fourth-order valence-corrected chi connectivity index (χ4v) is 2.02. The summed E-state index contributed by atoms with van der Waals surface area (Å²) in [7, 11) is 0. The Morgan fingerprint density at radius 1 is 1.00 bits per heavy atom. The molecule has 0 bridgehead atoms. The van der Waals surface area contributed by atoms with Crippen molar-refractivity contribution in [3.05, 3.63) is 58.9 Å². The predicted molar refractivity (Wildman–Crippen MR) is 77.3 cm³/mol. The van der Waals surface area contributed by atoms with E-state index in [1.54, 1.807) is 18.2 Å². The second kappa shape index (κ2) is 5.46. The van der Waals surface area contributed by atoms with Gasteiger partial charge in [0, 0.05) is 10.6 Å². The second-order valence-corrected chi connectivity index (χ2v) is 4.95. The molecule has 0 atom stereocenters. The van der Waals surface area contributed by atoms with E-state index in [0.717, 1.165) is 11.1 Å². The van der Waals surface area contributed by atoms with E-state index in [-0.39, 0.29) is 11.5 Å². The first-order valence-electron chi connectivity index (χ1n) is 6.21. The molecule has 0 radical (unpaired) electrons. The van der Waals surface area contributed by atoms with Crippen LogP contribution in [0.2, 0.25) is 5.02 Å². The molecule has 2 aromatic carbocycles. The number of aromatic nitrogens is 2. The summed E-state index contributed by atoms with van der Waals surface area (Å²) in [5.41, 5.74) is 1.57. The second-order valence-electron chi connectivity index (χ2n) is 4.52. The molecule has 1 aromatic heterocycles. The molecule has 6 heteroatoms. The van der Waals surface area contributed by atoms with Crippen molar-refractivity contribution in [3.8, 4) is 22.9 Å². The fourth-order valence-electron chi connectivity index (χ4n) is 1.90. The first kappa shape index (κ1) is 13.5. The van der Waals surface area contributed by atoms with Crippen molar-refractivity contribution in [2.24, 2.45) is 0 Å². The van der Waals surface area contributed by atoms with Gasteiger partial charge in [0.25, 0.3) is 0 Å². The highest BCUT2D eigenvalue weighted by Gasteiger charge is 2.10. The average molecular weight is 303 g/mol. The van der Waals surface area contributed by atoms with E-state index in [1.807, 2.05) is 12.1 Å². The zero-order chi connectivity index (χ0) is 14.8. The molecule has 0 unspecified atom stereocenters. The third-order valence-electron chi connectivity index (χ3n) is 2.97. The van der Waals surface area contributed by atoms with E-state index in [4.69, 9.17) is 16.1 Å². The highest BCUT2D eigenvalue weighted by Crippen LogP contribution is 2.26. The van der Waals surface area contributed by atoms with Gasteiger partial charge in [-0.25, -0.2) is 0 Å². The highest BCUT2D eigenvalue weighted by molar-refractivity contribution is 6.30. The van der Waals surface area contributed by atoms with E-state index in [0.29, 0.717) is 23.2 Å². The van der Waals surface area contributed by atoms with Gasteiger partial charge in [0.2, 0.25) is 11.7 Å². The van der Waals surface area contributed by atoms with Gasteiger partial charge in [0.05, 0.1) is 6.42 Å². The molecule has 0 saturated heterocycles. The Bertz CT molecular complexity index is 769. The molecule has 0 aliphatic rings. The summed E-state index contributed by atoms with van der Waals surface area (Å²) in [5, 5.41) is 23.3. The minimum absolute atomic E-state index is 0.161. The summed E-state index contributed by atoms with van der Waals surface area (Å²) in [6.45, 7) is 0. The summed E-state index contributed by atoms with van der Waals surface area (Å²) in [4.78, 5) is 4.29. The number of phenolic OH excluding ortho intramolecular Hbond substituents is 2. The van der Waals surface area contributed by atoms with Crippen LogP contribution in [0.5, 0.6) is 11.5 Å². The maximum atomic E-state index is 9.46. The Morgan fingerprint density at radius 2 is 1.76 bits per heavy atom. The summed E-state index contributed by atoms with van der Waals surface area (Å²) in [5.74, 6) is 0.561. The predicted octanol–water partition coefficient (Wildman–Crippen LogP) is 3.39. The Kier molecular flexibility index (Phi) is 3.50. The molecular weight excluding hydrogens is 292 g/mol. The van der Waals surface area contributed by atoms with Gasteiger partial charge in [-0.15, -0.1) is 0 Å². The Balaban J connectivity index is 1.81. The van der Waals surface area contributed by atoms with Gasteiger partial charge in [0.1, 0.15) is 0 Å². The van der Waals surface area contributed by atoms with Gasteiger partial charge in [-0.1, -0.05) is 22.8 Å². The molecule has 5 nitrogen and oxygen atoms in total. The monoisotopic (exact) mass is 302 g/mol. The summed E-state index contributed by atoms with van der Waals surface area (Å²) in [6, 6.07) is 11.7. The van der Waals surface area contributed by atoms with Crippen LogP contribution in [0.3, 0.4) is 0 Å². The summed E-state index contributed by atoms with van der Waals surface area (Å²) < 4.78 is 5.19. The van der Waals surface area contributed by atoms with Crippen molar-refractivity contribution < 1.29 is 14.7 Å². The molecule has 2 N–H and O–H groups in total. The lowest BCUT2D eigenvalue weighted by molar-refractivity contribution is 0.384. The molecule has 0 amide bonds. The van der Waals surface area contributed by atoms with Crippen molar-refractivity contribution in [2.75, 3.05) is 0 Å². The van der Waals surface area contributed by atoms with E-state index in [9.17, 15) is 10.2 Å². The van der Waals surface area contributed by atoms with Gasteiger partial charge in [0.15, 0.2) is 11.5 Å². The molecule has 106 valence electrons. The van der Waals surface area contributed by atoms with Crippen molar-refractivity contribution >= 4 is 11.6 Å². The molecule has 0 saturated carbocycles. The Morgan fingerprint density at radius 3 is 2.48 bits per heavy atom. The average Bonchev–Trinajstić information content (AvgIpc) is 2.92. The zero-order valence-corrected chi connectivity index (χ0v) is 11.6. The molecular formula is C15H11ClN2O3. The Hall–Kier alpha value is -2.53. The Labute approximate surface area is 125 Å². The summed E-state index contributed by atoms with van der Waals surface area (Å²) in [6.07, 6.45) is 0.369. The number of rotatable bonds is 3. The number of aromatic hydroxyl groups is 2. The van der Waals surface area contributed by atoms with Crippen molar-refractivity contribution in [2.45, 2.75) is 6.42 Å². The fraction of sp³-hybridized carbons (Fsp3) is 0.0667. The van der Waals surface area contributed by atoms with Crippen LogP contribution < -0.4 is 0 Å². The smallest absolute Gasteiger partial charge is 0.231 e. The van der Waals surface area contributed by atoms with Gasteiger partial charge < -0.3 is 14.7 Å². The first-order chi connectivity index (χ1) is 10.1. The summed E-state index contributed by atoms with van der Waals surface area (Å²) >= 11 is 5.83. The van der Waals surface area contributed by atoms with Gasteiger partial charge >= 0.3 is 0 Å². The van der Waals surface area contributed by atoms with Gasteiger partial charge in [-0.3, -0.25) is 0 Å². The van der Waals surface area contributed by atoms with Crippen molar-refractivity contribution in [1.82, 2.24) is 10.1 Å². The van der Waals surface area contributed by atoms with Crippen LogP contribution >= 0.6 is 11.6 Å². The van der Waals surface area contributed by atoms with Gasteiger partial charge in [-0.05, 0) is 42.0 Å². The lowest BCUT2D eigenvalue weighted by Gasteiger charge is -2.00. The SMILES string of the molecule is Oc1ccc(Cc2nc(-c3ccc(Cl)cc3)no2)cc1O. The van der Waals surface area contributed by atoms with Crippen LogP contribution in [0.1, 0.15) is 11.5 Å². The van der Waals surface area contributed by atoms with E-state index in [2.05, 4.69) is 10.1 Å². The number of hydrogen-bond acceptors (Lipinski definition) is 5. The molecule has 0 fully saturated rings. The maximum Gasteiger partial charge on any atom is 0.231 e. The number of halogens is 1. The zero-order valence-electron chi connectivity index (χ0n) is 10.8. The highest BCUT2D eigenvalue weighted by atomic mass is 35.5. The first-order valence-corrected chi connectivity index (χ1v) is 6.59. The lowest BCUT2D eigenvalue weighted by atomic mass is 10.1. The molecule has 21 heavy (non-hydrogen) atoms. The molecule has 0 spiro atoms. The van der Waals surface area contributed by atoms with Crippen LogP contribution in [-0.4, -0.2) is 20.4 Å². The van der Waals surface area contributed by atoms with Crippen LogP contribution in [0.25, 0.3) is 11.4 Å². The van der Waals surface area contributed by atoms with Crippen molar-refractivity contribution in [1.29, 1.82) is 0 Å². The van der Waals surface area contributed by atoms with E-state index in [1.165, 1.54) is 12.1 Å². The lowest BCUT2D eigenvalue weighted by Crippen LogP contribution is -1.88. The molecule has 0 aliphatic carbocycles. The van der Waals surface area contributed by atoms with Gasteiger partial charge in [-0.2, -0.15) is 4.98 Å². The maximum absolute atomic E-state index is 9.46. The quantitative estimate of drug-likeness (QED) is 0.725. The molecule has 3 rings (SSSR count). The van der Waals surface area contributed by atoms with Crippen molar-refractivity contribution in [3.63, 3.8) is 0 Å². The number of nitrogens with zero attached hydrogens (tertiary/aromatic N) is 2.